The quantitative estimate of drug-likeness (QED) is 0.313. The summed E-state index contributed by atoms with van der Waals surface area (Å²) in [4.78, 5) is 0. The van der Waals surface area contributed by atoms with Gasteiger partial charge in [0.05, 0.1) is 0 Å². The van der Waals surface area contributed by atoms with Crippen LogP contribution in [0, 0.1) is 5.41 Å². The van der Waals surface area contributed by atoms with Crippen molar-refractivity contribution in [3.8, 4) is 0 Å². The molecule has 0 heterocycles. The van der Waals surface area contributed by atoms with Crippen LogP contribution in [0.3, 0.4) is 0 Å². The van der Waals surface area contributed by atoms with Gasteiger partial charge in [-0.2, -0.15) is 0 Å². The highest BCUT2D eigenvalue weighted by molar-refractivity contribution is 5.29. The van der Waals surface area contributed by atoms with Crippen LogP contribution in [0.1, 0.15) is 124 Å². The normalized spacial score (nSPS) is 22.2. The summed E-state index contributed by atoms with van der Waals surface area (Å²) in [6.07, 6.45) is 25.5. The van der Waals surface area contributed by atoms with Gasteiger partial charge in [-0.3, -0.25) is 0 Å². The number of unbranched alkanes of at least 4 members (excludes halogenated alkanes) is 4. The van der Waals surface area contributed by atoms with Crippen molar-refractivity contribution in [2.24, 2.45) is 5.41 Å². The molecular weight excluding hydrogens is 288 g/mol. The Bertz CT molecular complexity index is 363. The van der Waals surface area contributed by atoms with E-state index in [1.54, 1.807) is 0 Å². The number of allylic oxidation sites excluding steroid dienone is 4. The van der Waals surface area contributed by atoms with Crippen LogP contribution in [0.2, 0.25) is 0 Å². The smallest absolute Gasteiger partial charge is 0.00934 e. The first kappa shape index (κ1) is 21.5. The average molecular weight is 333 g/mol. The van der Waals surface area contributed by atoms with E-state index >= 15 is 0 Å². The molecule has 1 aliphatic carbocycles. The van der Waals surface area contributed by atoms with Crippen LogP contribution in [0.25, 0.3) is 0 Å². The van der Waals surface area contributed by atoms with Crippen molar-refractivity contribution < 1.29 is 0 Å². The van der Waals surface area contributed by atoms with Crippen LogP contribution in [0.5, 0.6) is 0 Å². The van der Waals surface area contributed by atoms with E-state index in [0.717, 1.165) is 0 Å². The van der Waals surface area contributed by atoms with Crippen LogP contribution < -0.4 is 0 Å². The van der Waals surface area contributed by atoms with Gasteiger partial charge in [0.1, 0.15) is 0 Å². The molecule has 0 N–H and O–H groups in total. The zero-order valence-corrected chi connectivity index (χ0v) is 17.3. The van der Waals surface area contributed by atoms with Crippen molar-refractivity contribution in [1.82, 2.24) is 0 Å². The first-order valence-corrected chi connectivity index (χ1v) is 11.1. The first-order valence-electron chi connectivity index (χ1n) is 11.1. The van der Waals surface area contributed by atoms with Crippen LogP contribution in [-0.2, 0) is 0 Å². The van der Waals surface area contributed by atoms with E-state index in [9.17, 15) is 0 Å². The highest BCUT2D eigenvalue weighted by Crippen LogP contribution is 2.46. The highest BCUT2D eigenvalue weighted by atomic mass is 14.4. The molecule has 140 valence electrons. The second-order valence-corrected chi connectivity index (χ2v) is 7.95. The minimum absolute atomic E-state index is 0.394. The Kier molecular flexibility index (Phi) is 11.5. The Morgan fingerprint density at radius 1 is 0.792 bits per heavy atom. The Labute approximate surface area is 153 Å². The third-order valence-electron chi connectivity index (χ3n) is 5.88. The van der Waals surface area contributed by atoms with Crippen molar-refractivity contribution >= 4 is 0 Å². The molecule has 0 unspecified atom stereocenters. The summed E-state index contributed by atoms with van der Waals surface area (Å²) in [5, 5.41) is 0. The molecule has 0 fully saturated rings. The molecule has 0 bridgehead atoms. The third-order valence-corrected chi connectivity index (χ3v) is 5.88. The Morgan fingerprint density at radius 3 is 1.96 bits per heavy atom. The molecule has 0 aromatic rings. The van der Waals surface area contributed by atoms with Gasteiger partial charge < -0.3 is 0 Å². The predicted octanol–water partition coefficient (Wildman–Crippen LogP) is 8.77. The Hall–Kier alpha value is -0.520. The summed E-state index contributed by atoms with van der Waals surface area (Å²) in [5.74, 6) is 0. The molecule has 0 atom stereocenters. The van der Waals surface area contributed by atoms with Gasteiger partial charge in [-0.1, -0.05) is 89.5 Å². The highest BCUT2D eigenvalue weighted by Gasteiger charge is 2.32. The van der Waals surface area contributed by atoms with Crippen LogP contribution in [0.15, 0.2) is 23.3 Å². The standard InChI is InChI=1S/C24H44/c1-5-9-16-22-17-14-13-15-21-24(19-11-7-3,20-12-8-4)23(22)18-10-6-2/h15,21H,5-14,16-20H2,1-4H3/b21-15-,23-22-. The average Bonchev–Trinajstić information content (AvgIpc) is 2.59. The fourth-order valence-electron chi connectivity index (χ4n) is 4.37. The summed E-state index contributed by atoms with van der Waals surface area (Å²) in [6, 6.07) is 0. The van der Waals surface area contributed by atoms with Gasteiger partial charge in [-0.25, -0.2) is 0 Å². The number of hydrogen-bond acceptors (Lipinski definition) is 0. The molecular formula is C24H44. The number of hydrogen-bond donors (Lipinski definition) is 0. The summed E-state index contributed by atoms with van der Waals surface area (Å²) >= 11 is 0. The summed E-state index contributed by atoms with van der Waals surface area (Å²) in [6.45, 7) is 9.41. The molecule has 0 aliphatic heterocycles. The van der Waals surface area contributed by atoms with E-state index in [-0.39, 0.29) is 0 Å². The molecule has 0 spiro atoms. The molecule has 0 aromatic heterocycles. The lowest BCUT2D eigenvalue weighted by atomic mass is 9.67. The van der Waals surface area contributed by atoms with Crippen molar-refractivity contribution in [2.75, 3.05) is 0 Å². The van der Waals surface area contributed by atoms with E-state index in [2.05, 4.69) is 39.8 Å². The van der Waals surface area contributed by atoms with E-state index in [4.69, 9.17) is 0 Å². The van der Waals surface area contributed by atoms with Crippen LogP contribution in [-0.4, -0.2) is 0 Å². The first-order chi connectivity index (χ1) is 11.7. The lowest BCUT2D eigenvalue weighted by Crippen LogP contribution is -2.24. The van der Waals surface area contributed by atoms with E-state index in [1.807, 2.05) is 11.1 Å². The van der Waals surface area contributed by atoms with E-state index in [1.165, 1.54) is 96.3 Å². The summed E-state index contributed by atoms with van der Waals surface area (Å²) in [7, 11) is 0. The van der Waals surface area contributed by atoms with Gasteiger partial charge in [0.2, 0.25) is 0 Å². The van der Waals surface area contributed by atoms with Gasteiger partial charge in [0, 0.05) is 5.41 Å². The van der Waals surface area contributed by atoms with Crippen LogP contribution in [0.4, 0.5) is 0 Å². The minimum atomic E-state index is 0.394. The molecule has 24 heavy (non-hydrogen) atoms. The SMILES string of the molecule is CCCC/C1=C(\CCCC)C(CCCC)(CCCC)/C=C\CCC1. The Morgan fingerprint density at radius 2 is 1.38 bits per heavy atom. The van der Waals surface area contributed by atoms with Crippen molar-refractivity contribution in [1.29, 1.82) is 0 Å². The van der Waals surface area contributed by atoms with Crippen molar-refractivity contribution in [2.45, 2.75) is 124 Å². The lowest BCUT2D eigenvalue weighted by molar-refractivity contribution is 0.341. The molecule has 1 aliphatic rings. The number of rotatable bonds is 12. The zero-order valence-electron chi connectivity index (χ0n) is 17.3. The lowest BCUT2D eigenvalue weighted by Gasteiger charge is -2.38. The van der Waals surface area contributed by atoms with E-state index in [0.29, 0.717) is 5.41 Å². The molecule has 0 heteroatoms. The maximum absolute atomic E-state index is 2.68. The minimum Gasteiger partial charge on any atom is -0.0876 e. The fraction of sp³-hybridized carbons (Fsp3) is 0.833. The molecule has 0 saturated heterocycles. The molecule has 0 aromatic carbocycles. The molecule has 1 rings (SSSR count). The largest absolute Gasteiger partial charge is 0.0876 e. The van der Waals surface area contributed by atoms with Gasteiger partial charge in [-0.15, -0.1) is 0 Å². The fourth-order valence-corrected chi connectivity index (χ4v) is 4.37. The second-order valence-electron chi connectivity index (χ2n) is 7.95. The second kappa shape index (κ2) is 12.8. The van der Waals surface area contributed by atoms with Gasteiger partial charge in [-0.05, 0) is 57.8 Å². The molecule has 0 amide bonds. The summed E-state index contributed by atoms with van der Waals surface area (Å²) < 4.78 is 0. The maximum atomic E-state index is 2.68. The maximum Gasteiger partial charge on any atom is 0.00934 e. The Balaban J connectivity index is 3.24. The monoisotopic (exact) mass is 332 g/mol. The van der Waals surface area contributed by atoms with Crippen LogP contribution >= 0.6 is 0 Å². The van der Waals surface area contributed by atoms with Crippen molar-refractivity contribution in [3.05, 3.63) is 23.3 Å². The van der Waals surface area contributed by atoms with Gasteiger partial charge in [0.25, 0.3) is 0 Å². The van der Waals surface area contributed by atoms with E-state index < -0.39 is 0 Å². The zero-order chi connectivity index (χ0) is 17.7. The van der Waals surface area contributed by atoms with Gasteiger partial charge >= 0.3 is 0 Å². The molecule has 0 nitrogen and oxygen atoms in total. The topological polar surface area (TPSA) is 0 Å². The predicted molar refractivity (Wildman–Crippen MR) is 111 cm³/mol. The van der Waals surface area contributed by atoms with Crippen molar-refractivity contribution in [3.63, 3.8) is 0 Å². The third kappa shape index (κ3) is 6.77. The summed E-state index contributed by atoms with van der Waals surface area (Å²) in [5.41, 5.74) is 4.14. The molecule has 0 saturated carbocycles. The van der Waals surface area contributed by atoms with Gasteiger partial charge in [0.15, 0.2) is 0 Å². The molecule has 0 radical (unpaired) electrons.